The smallest absolute Gasteiger partial charge is 0.0944 e. The average molecular weight is 258 g/mol. The van der Waals surface area contributed by atoms with E-state index in [2.05, 4.69) is 26.1 Å². The zero-order valence-electron chi connectivity index (χ0n) is 6.88. The zero-order chi connectivity index (χ0) is 9.42. The molecule has 66 valence electrons. The lowest BCUT2D eigenvalue weighted by atomic mass is 10.1. The van der Waals surface area contributed by atoms with Gasteiger partial charge in [-0.1, -0.05) is 11.6 Å². The maximum atomic E-state index is 5.96. The summed E-state index contributed by atoms with van der Waals surface area (Å²) in [6.45, 7) is 1.99. The molecule has 1 aromatic carbocycles. The van der Waals surface area contributed by atoms with Crippen molar-refractivity contribution in [3.05, 3.63) is 33.4 Å². The van der Waals surface area contributed by atoms with Crippen LogP contribution in [0.15, 0.2) is 22.8 Å². The summed E-state index contributed by atoms with van der Waals surface area (Å²) in [5.74, 6) is 0. The fraction of sp³-hybridized carbons (Fsp3) is 0.111. The molecule has 0 fully saturated rings. The molecule has 0 N–H and O–H groups in total. The van der Waals surface area contributed by atoms with E-state index in [1.807, 2.05) is 19.1 Å². The molecule has 2 aromatic rings. The van der Waals surface area contributed by atoms with Crippen molar-refractivity contribution in [2.24, 2.45) is 0 Å². The minimum atomic E-state index is 0.698. The molecule has 1 aromatic heterocycles. The molecule has 0 saturated heterocycles. The number of hydrogen-bond acceptors (Lipinski definition) is 2. The van der Waals surface area contributed by atoms with E-state index in [4.69, 9.17) is 11.6 Å². The Kier molecular flexibility index (Phi) is 2.22. The van der Waals surface area contributed by atoms with E-state index >= 15 is 0 Å². The monoisotopic (exact) mass is 256 g/mol. The van der Waals surface area contributed by atoms with Crippen LogP contribution in [0.3, 0.4) is 0 Å². The van der Waals surface area contributed by atoms with Crippen molar-refractivity contribution >= 4 is 38.4 Å². The van der Waals surface area contributed by atoms with Gasteiger partial charge in [-0.3, -0.25) is 0 Å². The van der Waals surface area contributed by atoms with Gasteiger partial charge in [-0.2, -0.15) is 10.2 Å². The zero-order valence-corrected chi connectivity index (χ0v) is 9.22. The molecule has 0 aliphatic heterocycles. The van der Waals surface area contributed by atoms with E-state index in [0.717, 1.165) is 20.9 Å². The van der Waals surface area contributed by atoms with Gasteiger partial charge < -0.3 is 0 Å². The summed E-state index contributed by atoms with van der Waals surface area (Å²) in [6, 6.07) is 3.77. The fourth-order valence-corrected chi connectivity index (χ4v) is 1.68. The Hall–Kier alpha value is -0.670. The maximum Gasteiger partial charge on any atom is 0.0944 e. The molecule has 0 unspecified atom stereocenters. The van der Waals surface area contributed by atoms with Gasteiger partial charge in [-0.25, -0.2) is 0 Å². The number of nitrogens with zero attached hydrogens (tertiary/aromatic N) is 2. The van der Waals surface area contributed by atoms with Gasteiger partial charge in [0.05, 0.1) is 16.7 Å². The van der Waals surface area contributed by atoms with Crippen LogP contribution in [-0.2, 0) is 0 Å². The lowest BCUT2D eigenvalue weighted by Crippen LogP contribution is -1.87. The highest BCUT2D eigenvalue weighted by Gasteiger charge is 2.03. The number of hydrogen-bond donors (Lipinski definition) is 0. The Labute approximate surface area is 89.1 Å². The first kappa shape index (κ1) is 8.91. The molecule has 0 amide bonds. The minimum Gasteiger partial charge on any atom is -0.158 e. The van der Waals surface area contributed by atoms with E-state index in [-0.39, 0.29) is 0 Å². The predicted molar refractivity (Wildman–Crippen MR) is 57.0 cm³/mol. The van der Waals surface area contributed by atoms with Gasteiger partial charge in [0.1, 0.15) is 0 Å². The van der Waals surface area contributed by atoms with Crippen LogP contribution in [0.25, 0.3) is 10.9 Å². The van der Waals surface area contributed by atoms with Crippen molar-refractivity contribution in [2.45, 2.75) is 6.92 Å². The van der Waals surface area contributed by atoms with Crippen LogP contribution >= 0.6 is 27.5 Å². The second kappa shape index (κ2) is 3.24. The van der Waals surface area contributed by atoms with Crippen LogP contribution < -0.4 is 0 Å². The summed E-state index contributed by atoms with van der Waals surface area (Å²) >= 11 is 9.31. The van der Waals surface area contributed by atoms with Crippen LogP contribution in [0.5, 0.6) is 0 Å². The number of rotatable bonds is 0. The maximum absolute atomic E-state index is 5.96. The summed E-state index contributed by atoms with van der Waals surface area (Å²) in [5.41, 5.74) is 1.94. The second-order valence-electron chi connectivity index (χ2n) is 2.81. The highest BCUT2D eigenvalue weighted by atomic mass is 79.9. The molecular weight excluding hydrogens is 251 g/mol. The SMILES string of the molecule is Cc1cnnc2cc(Br)c(Cl)cc12. The minimum absolute atomic E-state index is 0.698. The van der Waals surface area contributed by atoms with E-state index in [1.165, 1.54) is 0 Å². The number of halogens is 2. The third-order valence-electron chi connectivity index (χ3n) is 1.88. The van der Waals surface area contributed by atoms with E-state index < -0.39 is 0 Å². The van der Waals surface area contributed by atoms with Gasteiger partial charge in [0, 0.05) is 9.86 Å². The van der Waals surface area contributed by atoms with Crippen LogP contribution in [0, 0.1) is 6.92 Å². The van der Waals surface area contributed by atoms with Crippen molar-refractivity contribution in [1.29, 1.82) is 0 Å². The van der Waals surface area contributed by atoms with Gasteiger partial charge in [-0.15, -0.1) is 0 Å². The largest absolute Gasteiger partial charge is 0.158 e. The standard InChI is InChI=1S/C9H6BrClN2/c1-5-4-12-13-9-3-7(10)8(11)2-6(5)9/h2-4H,1H3. The van der Waals surface area contributed by atoms with Crippen LogP contribution in [0.2, 0.25) is 5.02 Å². The average Bonchev–Trinajstić information content (AvgIpc) is 2.09. The number of aromatic nitrogens is 2. The first-order chi connectivity index (χ1) is 6.18. The molecule has 0 saturated carbocycles. The summed E-state index contributed by atoms with van der Waals surface area (Å²) in [4.78, 5) is 0. The molecule has 0 radical (unpaired) electrons. The molecule has 0 spiro atoms. The van der Waals surface area contributed by atoms with Crippen molar-refractivity contribution in [1.82, 2.24) is 10.2 Å². The highest BCUT2D eigenvalue weighted by Crippen LogP contribution is 2.28. The Bertz CT molecular complexity index is 470. The van der Waals surface area contributed by atoms with E-state index in [1.54, 1.807) is 6.20 Å². The van der Waals surface area contributed by atoms with Crippen LogP contribution in [0.1, 0.15) is 5.56 Å². The fourth-order valence-electron chi connectivity index (χ4n) is 1.18. The van der Waals surface area contributed by atoms with Gasteiger partial charge in [-0.05, 0) is 40.5 Å². The van der Waals surface area contributed by atoms with Crippen molar-refractivity contribution < 1.29 is 0 Å². The number of aryl methyl sites for hydroxylation is 1. The van der Waals surface area contributed by atoms with Gasteiger partial charge in [0.25, 0.3) is 0 Å². The van der Waals surface area contributed by atoms with Crippen molar-refractivity contribution in [2.75, 3.05) is 0 Å². The Morgan fingerprint density at radius 1 is 1.38 bits per heavy atom. The lowest BCUT2D eigenvalue weighted by molar-refractivity contribution is 1.06. The van der Waals surface area contributed by atoms with Crippen LogP contribution in [-0.4, -0.2) is 10.2 Å². The molecule has 2 nitrogen and oxygen atoms in total. The molecule has 0 aliphatic rings. The van der Waals surface area contributed by atoms with Gasteiger partial charge in [0.2, 0.25) is 0 Å². The first-order valence-electron chi connectivity index (χ1n) is 3.75. The molecule has 0 atom stereocenters. The first-order valence-corrected chi connectivity index (χ1v) is 4.92. The topological polar surface area (TPSA) is 25.8 Å². The van der Waals surface area contributed by atoms with E-state index in [0.29, 0.717) is 5.02 Å². The quantitative estimate of drug-likeness (QED) is 0.723. The van der Waals surface area contributed by atoms with Gasteiger partial charge in [0.15, 0.2) is 0 Å². The third kappa shape index (κ3) is 1.54. The molecular formula is C9H6BrClN2. The predicted octanol–water partition coefficient (Wildman–Crippen LogP) is 3.35. The Morgan fingerprint density at radius 2 is 2.15 bits per heavy atom. The van der Waals surface area contributed by atoms with Crippen molar-refractivity contribution in [3.8, 4) is 0 Å². The molecule has 4 heteroatoms. The van der Waals surface area contributed by atoms with Gasteiger partial charge >= 0.3 is 0 Å². The summed E-state index contributed by atoms with van der Waals surface area (Å²) in [7, 11) is 0. The second-order valence-corrected chi connectivity index (χ2v) is 4.07. The normalized spacial score (nSPS) is 10.7. The Balaban J connectivity index is 2.89. The third-order valence-corrected chi connectivity index (χ3v) is 3.08. The molecule has 2 rings (SSSR count). The molecule has 0 bridgehead atoms. The summed E-state index contributed by atoms with van der Waals surface area (Å²) < 4.78 is 0.849. The highest BCUT2D eigenvalue weighted by molar-refractivity contribution is 9.10. The van der Waals surface area contributed by atoms with Crippen LogP contribution in [0.4, 0.5) is 0 Å². The lowest BCUT2D eigenvalue weighted by Gasteiger charge is -2.01. The van der Waals surface area contributed by atoms with E-state index in [9.17, 15) is 0 Å². The molecule has 1 heterocycles. The molecule has 0 aliphatic carbocycles. The molecule has 13 heavy (non-hydrogen) atoms. The number of fused-ring (bicyclic) bond motifs is 1. The Morgan fingerprint density at radius 3 is 2.92 bits per heavy atom. The number of benzene rings is 1. The summed E-state index contributed by atoms with van der Waals surface area (Å²) in [6.07, 6.45) is 1.73. The summed E-state index contributed by atoms with van der Waals surface area (Å²) in [5, 5.41) is 9.62. The van der Waals surface area contributed by atoms with Crippen molar-refractivity contribution in [3.63, 3.8) is 0 Å².